The molecular weight excluding hydrogens is 212 g/mol. The molecular formula is C10H16N2O2S. The lowest BCUT2D eigenvalue weighted by molar-refractivity contribution is -0.145. The number of hydrogen-bond donors (Lipinski definition) is 1. The number of likely N-dealkylation sites (tertiary alicyclic amines) is 1. The van der Waals surface area contributed by atoms with Crippen LogP contribution in [-0.2, 0) is 9.59 Å². The molecule has 1 saturated carbocycles. The lowest BCUT2D eigenvalue weighted by Crippen LogP contribution is -2.61. The summed E-state index contributed by atoms with van der Waals surface area (Å²) in [4.78, 5) is 26.5. The number of thiol groups is 1. The lowest BCUT2D eigenvalue weighted by Gasteiger charge is -2.44. The number of rotatable bonds is 3. The van der Waals surface area contributed by atoms with Gasteiger partial charge in [0.25, 0.3) is 0 Å². The maximum Gasteiger partial charge on any atom is 0.232 e. The van der Waals surface area contributed by atoms with E-state index in [0.717, 1.165) is 12.8 Å². The van der Waals surface area contributed by atoms with Gasteiger partial charge < -0.3 is 9.80 Å². The molecule has 1 aliphatic heterocycles. The van der Waals surface area contributed by atoms with Crippen molar-refractivity contribution in [2.24, 2.45) is 5.92 Å². The molecule has 15 heavy (non-hydrogen) atoms. The van der Waals surface area contributed by atoms with Crippen LogP contribution in [0.4, 0.5) is 0 Å². The number of hydrogen-bond acceptors (Lipinski definition) is 3. The van der Waals surface area contributed by atoms with Crippen molar-refractivity contribution < 1.29 is 9.59 Å². The van der Waals surface area contributed by atoms with Crippen LogP contribution in [-0.4, -0.2) is 53.5 Å². The van der Waals surface area contributed by atoms with Gasteiger partial charge in [-0.05, 0) is 12.8 Å². The van der Waals surface area contributed by atoms with Gasteiger partial charge in [0.15, 0.2) is 0 Å². The molecule has 1 heterocycles. The molecule has 0 atom stereocenters. The highest BCUT2D eigenvalue weighted by molar-refractivity contribution is 7.81. The van der Waals surface area contributed by atoms with Crippen molar-refractivity contribution in [2.75, 3.05) is 25.9 Å². The first-order chi connectivity index (χ1) is 7.13. The number of carbonyl (C=O) groups excluding carboxylic acids is 2. The van der Waals surface area contributed by atoms with Crippen molar-refractivity contribution in [2.45, 2.75) is 18.9 Å². The highest BCUT2D eigenvalue weighted by Gasteiger charge is 2.40. The third-order valence-electron chi connectivity index (χ3n) is 3.18. The van der Waals surface area contributed by atoms with E-state index in [1.165, 1.54) is 0 Å². The summed E-state index contributed by atoms with van der Waals surface area (Å²) in [5.74, 6) is 0.834. The Kier molecular flexibility index (Phi) is 2.91. The van der Waals surface area contributed by atoms with Gasteiger partial charge in [0, 0.05) is 26.1 Å². The summed E-state index contributed by atoms with van der Waals surface area (Å²) in [5.41, 5.74) is 0. The summed E-state index contributed by atoms with van der Waals surface area (Å²) in [6.07, 6.45) is 2.09. The molecule has 2 rings (SSSR count). The first-order valence-corrected chi connectivity index (χ1v) is 5.92. The van der Waals surface area contributed by atoms with Crippen LogP contribution in [0.3, 0.4) is 0 Å². The summed E-state index contributed by atoms with van der Waals surface area (Å²) in [5, 5.41) is 0. The Bertz CT molecular complexity index is 285. The summed E-state index contributed by atoms with van der Waals surface area (Å²) in [6.45, 7) is 1.40. The van der Waals surface area contributed by atoms with Crippen LogP contribution >= 0.6 is 12.6 Å². The van der Waals surface area contributed by atoms with Crippen molar-refractivity contribution in [1.82, 2.24) is 9.80 Å². The molecule has 0 radical (unpaired) electrons. The molecule has 1 saturated heterocycles. The predicted molar refractivity (Wildman–Crippen MR) is 59.7 cm³/mol. The Balaban J connectivity index is 1.77. The summed E-state index contributed by atoms with van der Waals surface area (Å²) >= 11 is 3.95. The van der Waals surface area contributed by atoms with Crippen LogP contribution in [0.15, 0.2) is 0 Å². The van der Waals surface area contributed by atoms with Crippen LogP contribution in [0.2, 0.25) is 0 Å². The lowest BCUT2D eigenvalue weighted by atomic mass is 10.1. The monoisotopic (exact) mass is 228 g/mol. The highest BCUT2D eigenvalue weighted by Crippen LogP contribution is 2.32. The molecule has 84 valence electrons. The standard InChI is InChI=1S/C10H16N2O2S/c1-11(9(13)6-15)8-4-12(5-8)10(14)7-2-3-7/h7-8,15H,2-6H2,1H3. The van der Waals surface area contributed by atoms with Crippen molar-refractivity contribution in [3.8, 4) is 0 Å². The Morgan fingerprint density at radius 2 is 2.00 bits per heavy atom. The Morgan fingerprint density at radius 1 is 1.40 bits per heavy atom. The highest BCUT2D eigenvalue weighted by atomic mass is 32.1. The normalized spacial score (nSPS) is 21.1. The molecule has 0 N–H and O–H groups in total. The molecule has 0 unspecified atom stereocenters. The zero-order chi connectivity index (χ0) is 11.0. The molecule has 4 nitrogen and oxygen atoms in total. The van der Waals surface area contributed by atoms with E-state index in [1.54, 1.807) is 11.9 Å². The van der Waals surface area contributed by atoms with Gasteiger partial charge in [0.2, 0.25) is 11.8 Å². The number of nitrogens with zero attached hydrogens (tertiary/aromatic N) is 2. The summed E-state index contributed by atoms with van der Waals surface area (Å²) < 4.78 is 0. The Morgan fingerprint density at radius 3 is 2.47 bits per heavy atom. The van der Waals surface area contributed by atoms with E-state index in [0.29, 0.717) is 13.1 Å². The summed E-state index contributed by atoms with van der Waals surface area (Å²) in [6, 6.07) is 0.201. The number of carbonyl (C=O) groups is 2. The van der Waals surface area contributed by atoms with E-state index in [-0.39, 0.29) is 29.5 Å². The zero-order valence-electron chi connectivity index (χ0n) is 8.85. The van der Waals surface area contributed by atoms with Gasteiger partial charge in [-0.15, -0.1) is 0 Å². The minimum absolute atomic E-state index is 0.0295. The van der Waals surface area contributed by atoms with Crippen molar-refractivity contribution in [3.05, 3.63) is 0 Å². The smallest absolute Gasteiger partial charge is 0.232 e. The van der Waals surface area contributed by atoms with E-state index in [9.17, 15) is 9.59 Å². The van der Waals surface area contributed by atoms with Gasteiger partial charge in [0.05, 0.1) is 11.8 Å². The van der Waals surface area contributed by atoms with Crippen LogP contribution in [0.1, 0.15) is 12.8 Å². The second kappa shape index (κ2) is 4.04. The van der Waals surface area contributed by atoms with Crippen LogP contribution in [0, 0.1) is 5.92 Å². The maximum absolute atomic E-state index is 11.6. The van der Waals surface area contributed by atoms with Crippen LogP contribution in [0.5, 0.6) is 0 Å². The third kappa shape index (κ3) is 2.12. The van der Waals surface area contributed by atoms with Crippen molar-refractivity contribution in [1.29, 1.82) is 0 Å². The zero-order valence-corrected chi connectivity index (χ0v) is 9.74. The van der Waals surface area contributed by atoms with Gasteiger partial charge in [-0.2, -0.15) is 12.6 Å². The first-order valence-electron chi connectivity index (χ1n) is 5.28. The van der Waals surface area contributed by atoms with Crippen LogP contribution in [0.25, 0.3) is 0 Å². The van der Waals surface area contributed by atoms with E-state index in [4.69, 9.17) is 0 Å². The number of likely N-dealkylation sites (N-methyl/N-ethyl adjacent to an activating group) is 1. The number of amides is 2. The van der Waals surface area contributed by atoms with E-state index >= 15 is 0 Å². The molecule has 0 aromatic rings. The Hall–Kier alpha value is -0.710. The van der Waals surface area contributed by atoms with E-state index < -0.39 is 0 Å². The molecule has 0 aromatic carbocycles. The topological polar surface area (TPSA) is 40.6 Å². The fourth-order valence-corrected chi connectivity index (χ4v) is 2.01. The van der Waals surface area contributed by atoms with Gasteiger partial charge in [-0.1, -0.05) is 0 Å². The van der Waals surface area contributed by atoms with E-state index in [1.807, 2.05) is 4.90 Å². The third-order valence-corrected chi connectivity index (χ3v) is 3.45. The first kappa shape index (κ1) is 10.8. The van der Waals surface area contributed by atoms with Gasteiger partial charge in [-0.3, -0.25) is 9.59 Å². The molecule has 2 fully saturated rings. The average molecular weight is 228 g/mol. The average Bonchev–Trinajstić information content (AvgIpc) is 2.96. The largest absolute Gasteiger partial charge is 0.338 e. The van der Waals surface area contributed by atoms with E-state index in [2.05, 4.69) is 12.6 Å². The maximum atomic E-state index is 11.6. The molecule has 0 spiro atoms. The molecule has 2 amide bonds. The molecule has 2 aliphatic rings. The second-order valence-corrected chi connectivity index (χ2v) is 4.65. The second-order valence-electron chi connectivity index (χ2n) is 4.33. The SMILES string of the molecule is CN(C(=O)CS)C1CN(C(=O)C2CC2)C1. The fraction of sp³-hybridized carbons (Fsp3) is 0.800. The van der Waals surface area contributed by atoms with Gasteiger partial charge in [0.1, 0.15) is 0 Å². The van der Waals surface area contributed by atoms with Crippen molar-refractivity contribution >= 4 is 24.4 Å². The summed E-state index contributed by atoms with van der Waals surface area (Å²) in [7, 11) is 1.78. The van der Waals surface area contributed by atoms with Gasteiger partial charge in [-0.25, -0.2) is 0 Å². The molecule has 0 bridgehead atoms. The van der Waals surface area contributed by atoms with Crippen LogP contribution < -0.4 is 0 Å². The molecule has 1 aliphatic carbocycles. The fourth-order valence-electron chi connectivity index (χ4n) is 1.78. The van der Waals surface area contributed by atoms with Crippen molar-refractivity contribution in [3.63, 3.8) is 0 Å². The minimum Gasteiger partial charge on any atom is -0.338 e. The predicted octanol–water partition coefficient (Wildman–Crippen LogP) is -0.00460. The minimum atomic E-state index is 0.0295. The van der Waals surface area contributed by atoms with Gasteiger partial charge >= 0.3 is 0 Å². The quantitative estimate of drug-likeness (QED) is 0.691. The molecule has 5 heteroatoms. The molecule has 0 aromatic heterocycles. The Labute approximate surface area is 95.0 Å².